The summed E-state index contributed by atoms with van der Waals surface area (Å²) in [6, 6.07) is 12.2. The standard InChI is InChI=1S/C24H32N4O2/c1-3-30-23(29)24-11-7-13-27(16-21-9-4-5-12-25-21)14-20(24)15-28(18-24)17-22-10-6-8-19(2)26-22/h4-6,8-10,12,20H,3,7,11,13-18H2,1-2H3/t20-,24-/m1/s1. The van der Waals surface area contributed by atoms with Crippen molar-refractivity contribution in [2.75, 3.05) is 32.8 Å². The first-order chi connectivity index (χ1) is 14.6. The number of nitrogens with zero attached hydrogens (tertiary/aromatic N) is 4. The van der Waals surface area contributed by atoms with Crippen molar-refractivity contribution >= 4 is 5.97 Å². The van der Waals surface area contributed by atoms with Crippen LogP contribution in [0.15, 0.2) is 42.6 Å². The molecular formula is C24H32N4O2. The lowest BCUT2D eigenvalue weighted by Gasteiger charge is -2.31. The zero-order valence-corrected chi connectivity index (χ0v) is 18.1. The van der Waals surface area contributed by atoms with Gasteiger partial charge >= 0.3 is 5.97 Å². The Kier molecular flexibility index (Phi) is 6.44. The van der Waals surface area contributed by atoms with Gasteiger partial charge in [0.2, 0.25) is 0 Å². The zero-order valence-electron chi connectivity index (χ0n) is 18.1. The summed E-state index contributed by atoms with van der Waals surface area (Å²) in [6.07, 6.45) is 3.73. The first-order valence-electron chi connectivity index (χ1n) is 11.0. The number of carbonyl (C=O) groups is 1. The molecule has 0 aliphatic carbocycles. The number of hydrogen-bond acceptors (Lipinski definition) is 6. The highest BCUT2D eigenvalue weighted by Gasteiger charge is 2.53. The number of esters is 1. The van der Waals surface area contributed by atoms with Crippen LogP contribution >= 0.6 is 0 Å². The maximum atomic E-state index is 13.2. The molecule has 0 unspecified atom stereocenters. The van der Waals surface area contributed by atoms with Crippen LogP contribution in [-0.4, -0.2) is 58.5 Å². The summed E-state index contributed by atoms with van der Waals surface area (Å²) in [5.74, 6) is 0.238. The Morgan fingerprint density at radius 3 is 2.70 bits per heavy atom. The number of aromatic nitrogens is 2. The van der Waals surface area contributed by atoms with Crippen molar-refractivity contribution in [3.63, 3.8) is 0 Å². The van der Waals surface area contributed by atoms with Crippen molar-refractivity contribution in [2.45, 2.75) is 39.8 Å². The number of carbonyl (C=O) groups excluding carboxylic acids is 1. The van der Waals surface area contributed by atoms with Crippen LogP contribution in [0.2, 0.25) is 0 Å². The molecule has 2 aromatic heterocycles. The predicted molar refractivity (Wildman–Crippen MR) is 116 cm³/mol. The van der Waals surface area contributed by atoms with Gasteiger partial charge in [-0.1, -0.05) is 12.1 Å². The van der Waals surface area contributed by atoms with Gasteiger partial charge in [-0.2, -0.15) is 0 Å². The molecule has 2 fully saturated rings. The van der Waals surface area contributed by atoms with E-state index in [4.69, 9.17) is 4.74 Å². The fourth-order valence-electron chi connectivity index (χ4n) is 5.13. The second kappa shape index (κ2) is 9.23. The second-order valence-electron chi connectivity index (χ2n) is 8.67. The van der Waals surface area contributed by atoms with Gasteiger partial charge in [-0.15, -0.1) is 0 Å². The van der Waals surface area contributed by atoms with Gasteiger partial charge < -0.3 is 4.74 Å². The Morgan fingerprint density at radius 2 is 1.93 bits per heavy atom. The highest BCUT2D eigenvalue weighted by Crippen LogP contribution is 2.44. The molecule has 0 amide bonds. The molecule has 2 atom stereocenters. The average Bonchev–Trinajstić information content (AvgIpc) is 2.97. The van der Waals surface area contributed by atoms with Gasteiger partial charge in [-0.3, -0.25) is 24.6 Å². The SMILES string of the molecule is CCOC(=O)[C@@]12CCCN(Cc3ccccn3)C[C@@H]1CN(Cc1cccc(C)n1)C2. The number of aryl methyl sites for hydroxylation is 1. The maximum absolute atomic E-state index is 13.2. The third-order valence-corrected chi connectivity index (χ3v) is 6.47. The first-order valence-corrected chi connectivity index (χ1v) is 11.0. The molecular weight excluding hydrogens is 376 g/mol. The van der Waals surface area contributed by atoms with E-state index in [1.165, 1.54) is 0 Å². The lowest BCUT2D eigenvalue weighted by atomic mass is 9.75. The normalized spacial score (nSPS) is 24.9. The van der Waals surface area contributed by atoms with E-state index >= 15 is 0 Å². The Balaban J connectivity index is 1.53. The van der Waals surface area contributed by atoms with Crippen molar-refractivity contribution < 1.29 is 9.53 Å². The summed E-state index contributed by atoms with van der Waals surface area (Å²) in [5.41, 5.74) is 2.76. The highest BCUT2D eigenvalue weighted by atomic mass is 16.5. The molecule has 0 N–H and O–H groups in total. The minimum atomic E-state index is -0.418. The van der Waals surface area contributed by atoms with Crippen LogP contribution in [0.3, 0.4) is 0 Å². The molecule has 160 valence electrons. The topological polar surface area (TPSA) is 58.6 Å². The van der Waals surface area contributed by atoms with E-state index in [1.54, 1.807) is 0 Å². The minimum Gasteiger partial charge on any atom is -0.466 e. The lowest BCUT2D eigenvalue weighted by molar-refractivity contribution is -0.157. The molecule has 0 bridgehead atoms. The summed E-state index contributed by atoms with van der Waals surface area (Å²) >= 11 is 0. The van der Waals surface area contributed by atoms with E-state index in [0.717, 1.165) is 69.2 Å². The summed E-state index contributed by atoms with van der Waals surface area (Å²) < 4.78 is 5.60. The lowest BCUT2D eigenvalue weighted by Crippen LogP contribution is -2.42. The maximum Gasteiger partial charge on any atom is 0.313 e. The second-order valence-corrected chi connectivity index (χ2v) is 8.67. The number of fused-ring (bicyclic) bond motifs is 1. The molecule has 4 heterocycles. The van der Waals surface area contributed by atoms with Gasteiger partial charge in [0, 0.05) is 50.5 Å². The number of rotatable bonds is 6. The quantitative estimate of drug-likeness (QED) is 0.685. The van der Waals surface area contributed by atoms with Crippen molar-refractivity contribution in [3.05, 3.63) is 59.7 Å². The summed E-state index contributed by atoms with van der Waals surface area (Å²) in [5, 5.41) is 0. The van der Waals surface area contributed by atoms with E-state index < -0.39 is 5.41 Å². The molecule has 0 radical (unpaired) electrons. The number of likely N-dealkylation sites (tertiary alicyclic amines) is 2. The molecule has 30 heavy (non-hydrogen) atoms. The number of pyridine rings is 2. The Hall–Kier alpha value is -2.31. The van der Waals surface area contributed by atoms with Crippen molar-refractivity contribution in [1.82, 2.24) is 19.8 Å². The Labute approximate surface area is 179 Å². The van der Waals surface area contributed by atoms with Gasteiger partial charge in [0.05, 0.1) is 23.4 Å². The molecule has 2 aromatic rings. The molecule has 0 aromatic carbocycles. The zero-order chi connectivity index (χ0) is 21.0. The summed E-state index contributed by atoms with van der Waals surface area (Å²) in [7, 11) is 0. The fraction of sp³-hybridized carbons (Fsp3) is 0.542. The smallest absolute Gasteiger partial charge is 0.313 e. The predicted octanol–water partition coefficient (Wildman–Crippen LogP) is 3.06. The number of ether oxygens (including phenoxy) is 1. The third-order valence-electron chi connectivity index (χ3n) is 6.47. The van der Waals surface area contributed by atoms with Crippen molar-refractivity contribution in [3.8, 4) is 0 Å². The van der Waals surface area contributed by atoms with E-state index in [2.05, 4.69) is 38.0 Å². The van der Waals surface area contributed by atoms with Gasteiger partial charge in [-0.05, 0) is 57.5 Å². The highest BCUT2D eigenvalue weighted by molar-refractivity contribution is 5.78. The molecule has 2 aliphatic rings. The van der Waals surface area contributed by atoms with Crippen LogP contribution in [0, 0.1) is 18.3 Å². The minimum absolute atomic E-state index is 0.0191. The fourth-order valence-corrected chi connectivity index (χ4v) is 5.13. The van der Waals surface area contributed by atoms with Crippen LogP contribution in [-0.2, 0) is 22.6 Å². The van der Waals surface area contributed by atoms with Crippen molar-refractivity contribution in [1.29, 1.82) is 0 Å². The Bertz CT molecular complexity index is 859. The molecule has 4 rings (SSSR count). The van der Waals surface area contributed by atoms with Crippen molar-refractivity contribution in [2.24, 2.45) is 11.3 Å². The molecule has 0 saturated carbocycles. The van der Waals surface area contributed by atoms with Gasteiger partial charge in [-0.25, -0.2) is 0 Å². The van der Waals surface area contributed by atoms with E-state index in [9.17, 15) is 4.79 Å². The van der Waals surface area contributed by atoms with Crippen LogP contribution in [0.25, 0.3) is 0 Å². The van der Waals surface area contributed by atoms with E-state index in [0.29, 0.717) is 6.61 Å². The molecule has 2 aliphatic heterocycles. The summed E-state index contributed by atoms with van der Waals surface area (Å²) in [6.45, 7) is 9.50. The monoisotopic (exact) mass is 408 g/mol. The van der Waals surface area contributed by atoms with Crippen LogP contribution in [0.4, 0.5) is 0 Å². The largest absolute Gasteiger partial charge is 0.466 e. The molecule has 6 nitrogen and oxygen atoms in total. The van der Waals surface area contributed by atoms with Crippen LogP contribution < -0.4 is 0 Å². The number of hydrogen-bond donors (Lipinski definition) is 0. The van der Waals surface area contributed by atoms with Crippen LogP contribution in [0.1, 0.15) is 36.8 Å². The third kappa shape index (κ3) is 4.55. The van der Waals surface area contributed by atoms with Gasteiger partial charge in [0.25, 0.3) is 0 Å². The average molecular weight is 409 g/mol. The van der Waals surface area contributed by atoms with Gasteiger partial charge in [0.1, 0.15) is 0 Å². The first kappa shape index (κ1) is 20.9. The Morgan fingerprint density at radius 1 is 1.13 bits per heavy atom. The van der Waals surface area contributed by atoms with Crippen LogP contribution in [0.5, 0.6) is 0 Å². The summed E-state index contributed by atoms with van der Waals surface area (Å²) in [4.78, 5) is 27.2. The van der Waals surface area contributed by atoms with E-state index in [1.807, 2.05) is 38.2 Å². The molecule has 6 heteroatoms. The molecule has 0 spiro atoms. The van der Waals surface area contributed by atoms with E-state index in [-0.39, 0.29) is 11.9 Å². The molecule has 2 saturated heterocycles. The van der Waals surface area contributed by atoms with Gasteiger partial charge in [0.15, 0.2) is 0 Å².